The van der Waals surface area contributed by atoms with Crippen molar-refractivity contribution in [1.29, 1.82) is 0 Å². The van der Waals surface area contributed by atoms with Gasteiger partial charge in [0.2, 0.25) is 0 Å². The Morgan fingerprint density at radius 1 is 1.15 bits per heavy atom. The highest BCUT2D eigenvalue weighted by molar-refractivity contribution is 14.1. The first-order chi connectivity index (χ1) is 15.5. The number of hydrogen-bond acceptors (Lipinski definition) is 5. The lowest BCUT2D eigenvalue weighted by molar-refractivity contribution is 0.156. The number of nitrogens with zero attached hydrogens (tertiary/aromatic N) is 3. The molecule has 0 aliphatic rings. The number of methoxy groups -OCH3 is 1. The van der Waals surface area contributed by atoms with Gasteiger partial charge in [0.05, 0.1) is 30.5 Å². The minimum Gasteiger partial charge on any atom is -0.494 e. The Labute approximate surface area is 210 Å². The lowest BCUT2D eigenvalue weighted by Crippen LogP contribution is -2.34. The molecular formula is C23H30IN3O4SSi. The summed E-state index contributed by atoms with van der Waals surface area (Å²) < 4.78 is 42.7. The predicted molar refractivity (Wildman–Crippen MR) is 143 cm³/mol. The Balaban J connectivity index is 2.00. The van der Waals surface area contributed by atoms with Crippen LogP contribution in [0.5, 0.6) is 5.75 Å². The topological polar surface area (TPSA) is 73.7 Å². The molecule has 3 rings (SSSR count). The third kappa shape index (κ3) is 6.37. The highest BCUT2D eigenvalue weighted by Crippen LogP contribution is 2.32. The molecule has 7 nitrogen and oxygen atoms in total. The van der Waals surface area contributed by atoms with Crippen LogP contribution in [0.25, 0.3) is 5.69 Å². The second-order valence-corrected chi connectivity index (χ2v) is 17.5. The second-order valence-electron chi connectivity index (χ2n) is 8.91. The first kappa shape index (κ1) is 25.7. The minimum absolute atomic E-state index is 0.0789. The molecule has 0 fully saturated rings. The standard InChI is InChI=1S/C23H30IN3O4SSi/c1-18-15-26(16-25-18)21-11-10-19(14-22(21)30-2)27(17-31-12-13-33(3,4)5)32(28,29)23-9-7-6-8-20(23)24/h6-11,14-16H,12-13,17H2,1-5H3. The van der Waals surface area contributed by atoms with Crippen molar-refractivity contribution in [2.24, 2.45) is 0 Å². The Bertz CT molecular complexity index is 1210. The zero-order valence-electron chi connectivity index (χ0n) is 19.6. The van der Waals surface area contributed by atoms with E-state index in [1.165, 1.54) is 4.31 Å². The molecule has 0 radical (unpaired) electrons. The van der Waals surface area contributed by atoms with E-state index in [0.29, 0.717) is 21.6 Å². The van der Waals surface area contributed by atoms with Gasteiger partial charge in [-0.2, -0.15) is 0 Å². The normalized spacial score (nSPS) is 12.1. The van der Waals surface area contributed by atoms with Crippen molar-refractivity contribution in [2.45, 2.75) is 37.5 Å². The van der Waals surface area contributed by atoms with Crippen LogP contribution >= 0.6 is 22.6 Å². The van der Waals surface area contributed by atoms with Gasteiger partial charge in [0.15, 0.2) is 0 Å². The van der Waals surface area contributed by atoms with Crippen LogP contribution in [-0.4, -0.2) is 46.5 Å². The van der Waals surface area contributed by atoms with Gasteiger partial charge in [-0.05, 0) is 59.8 Å². The van der Waals surface area contributed by atoms with Crippen LogP contribution in [0.15, 0.2) is 59.9 Å². The summed E-state index contributed by atoms with van der Waals surface area (Å²) in [5, 5.41) is 0. The van der Waals surface area contributed by atoms with Crippen LogP contribution in [0.2, 0.25) is 25.7 Å². The van der Waals surface area contributed by atoms with E-state index in [1.54, 1.807) is 43.8 Å². The van der Waals surface area contributed by atoms with Crippen LogP contribution in [0.3, 0.4) is 0 Å². The molecule has 0 aliphatic carbocycles. The molecule has 10 heteroatoms. The number of anilines is 1. The van der Waals surface area contributed by atoms with Crippen LogP contribution < -0.4 is 9.04 Å². The monoisotopic (exact) mass is 599 g/mol. The number of ether oxygens (including phenoxy) is 2. The van der Waals surface area contributed by atoms with E-state index in [9.17, 15) is 8.42 Å². The van der Waals surface area contributed by atoms with Gasteiger partial charge in [0.1, 0.15) is 17.4 Å². The highest BCUT2D eigenvalue weighted by Gasteiger charge is 2.28. The zero-order chi connectivity index (χ0) is 24.2. The largest absolute Gasteiger partial charge is 0.494 e. The molecule has 3 aromatic rings. The van der Waals surface area contributed by atoms with E-state index in [1.807, 2.05) is 52.4 Å². The molecule has 1 aromatic heterocycles. The average molecular weight is 600 g/mol. The van der Waals surface area contributed by atoms with Crippen molar-refractivity contribution in [1.82, 2.24) is 9.55 Å². The van der Waals surface area contributed by atoms with Gasteiger partial charge in [-0.1, -0.05) is 31.8 Å². The summed E-state index contributed by atoms with van der Waals surface area (Å²) in [5.74, 6) is 0.537. The third-order valence-electron chi connectivity index (χ3n) is 5.05. The van der Waals surface area contributed by atoms with Gasteiger partial charge in [-0.3, -0.25) is 0 Å². The maximum atomic E-state index is 13.7. The Hall–Kier alpha value is -1.89. The van der Waals surface area contributed by atoms with Crippen molar-refractivity contribution < 1.29 is 17.9 Å². The molecule has 0 amide bonds. The smallest absolute Gasteiger partial charge is 0.267 e. The summed E-state index contributed by atoms with van der Waals surface area (Å²) in [6.07, 6.45) is 3.59. The molecular weight excluding hydrogens is 569 g/mol. The summed E-state index contributed by atoms with van der Waals surface area (Å²) in [4.78, 5) is 4.51. The van der Waals surface area contributed by atoms with Gasteiger partial charge in [-0.25, -0.2) is 17.7 Å². The fourth-order valence-corrected chi connectivity index (χ4v) is 6.55. The number of rotatable bonds is 10. The highest BCUT2D eigenvalue weighted by atomic mass is 127. The van der Waals surface area contributed by atoms with Gasteiger partial charge < -0.3 is 14.0 Å². The third-order valence-corrected chi connectivity index (χ3v) is 9.87. The summed E-state index contributed by atoms with van der Waals surface area (Å²) >= 11 is 2.05. The van der Waals surface area contributed by atoms with E-state index in [0.717, 1.165) is 17.4 Å². The van der Waals surface area contributed by atoms with Crippen molar-refractivity contribution in [3.05, 3.63) is 64.3 Å². The molecule has 0 aliphatic heterocycles. The maximum Gasteiger partial charge on any atom is 0.267 e. The second kappa shape index (κ2) is 10.6. The van der Waals surface area contributed by atoms with E-state index in [4.69, 9.17) is 9.47 Å². The van der Waals surface area contributed by atoms with E-state index >= 15 is 0 Å². The number of hydrogen-bond donors (Lipinski definition) is 0. The SMILES string of the molecule is COc1cc(N(COCC[Si](C)(C)C)S(=O)(=O)c2ccccc2I)ccc1-n1cnc(C)c1. The lowest BCUT2D eigenvalue weighted by atomic mass is 10.2. The van der Waals surface area contributed by atoms with Crippen molar-refractivity contribution in [3.8, 4) is 11.4 Å². The fourth-order valence-electron chi connectivity index (χ4n) is 3.17. The minimum atomic E-state index is -3.86. The average Bonchev–Trinajstić information content (AvgIpc) is 3.18. The molecule has 0 bridgehead atoms. The number of benzene rings is 2. The number of imidazole rings is 1. The van der Waals surface area contributed by atoms with Crippen molar-refractivity contribution >= 4 is 46.4 Å². The molecule has 2 aromatic carbocycles. The fraction of sp³-hybridized carbons (Fsp3) is 0.348. The van der Waals surface area contributed by atoms with E-state index in [2.05, 4.69) is 24.6 Å². The van der Waals surface area contributed by atoms with Gasteiger partial charge in [0, 0.05) is 30.5 Å². The van der Waals surface area contributed by atoms with Gasteiger partial charge in [0.25, 0.3) is 10.0 Å². The summed E-state index contributed by atoms with van der Waals surface area (Å²) in [6, 6.07) is 13.2. The molecule has 0 N–H and O–H groups in total. The summed E-state index contributed by atoms with van der Waals surface area (Å²) in [7, 11) is -3.60. The number of halogens is 1. The predicted octanol–water partition coefficient (Wildman–Crippen LogP) is 5.30. The van der Waals surface area contributed by atoms with Crippen LogP contribution in [0.4, 0.5) is 5.69 Å². The van der Waals surface area contributed by atoms with Gasteiger partial charge >= 0.3 is 0 Å². The van der Waals surface area contributed by atoms with Gasteiger partial charge in [-0.15, -0.1) is 0 Å². The Kier molecular flexibility index (Phi) is 8.25. The summed E-state index contributed by atoms with van der Waals surface area (Å²) in [6.45, 7) is 9.13. The number of sulfonamides is 1. The first-order valence-electron chi connectivity index (χ1n) is 10.6. The van der Waals surface area contributed by atoms with E-state index in [-0.39, 0.29) is 11.6 Å². The summed E-state index contributed by atoms with van der Waals surface area (Å²) in [5.41, 5.74) is 2.12. The molecule has 0 saturated carbocycles. The molecule has 0 atom stereocenters. The molecule has 0 spiro atoms. The maximum absolute atomic E-state index is 13.7. The first-order valence-corrected chi connectivity index (χ1v) is 16.8. The van der Waals surface area contributed by atoms with Crippen LogP contribution in [-0.2, 0) is 14.8 Å². The zero-order valence-corrected chi connectivity index (χ0v) is 23.6. The number of aryl methyl sites for hydroxylation is 1. The van der Waals surface area contributed by atoms with Crippen molar-refractivity contribution in [3.63, 3.8) is 0 Å². The van der Waals surface area contributed by atoms with Crippen LogP contribution in [0.1, 0.15) is 5.69 Å². The Morgan fingerprint density at radius 3 is 2.48 bits per heavy atom. The number of aromatic nitrogens is 2. The quantitative estimate of drug-likeness (QED) is 0.137. The van der Waals surface area contributed by atoms with Crippen LogP contribution in [0, 0.1) is 10.5 Å². The molecule has 0 saturated heterocycles. The molecule has 33 heavy (non-hydrogen) atoms. The molecule has 0 unspecified atom stereocenters. The lowest BCUT2D eigenvalue weighted by Gasteiger charge is -2.26. The van der Waals surface area contributed by atoms with Crippen molar-refractivity contribution in [2.75, 3.05) is 24.8 Å². The Morgan fingerprint density at radius 2 is 1.88 bits per heavy atom. The molecule has 1 heterocycles. The molecule has 178 valence electrons. The van der Waals surface area contributed by atoms with E-state index < -0.39 is 18.1 Å².